The Labute approximate surface area is 158 Å². The molecule has 3 rings (SSSR count). The number of ether oxygens (including phenoxy) is 1. The molecule has 1 atom stereocenters. The monoisotopic (exact) mass is 402 g/mol. The van der Waals surface area contributed by atoms with Gasteiger partial charge < -0.3 is 9.64 Å². The first-order valence-electron chi connectivity index (χ1n) is 8.52. The second kappa shape index (κ2) is 7.23. The Bertz CT molecular complexity index is 868. The highest BCUT2D eigenvalue weighted by atomic mass is 32.1. The summed E-state index contributed by atoms with van der Waals surface area (Å²) < 4.78 is 43.1. The minimum absolute atomic E-state index is 0.273. The molecule has 1 unspecified atom stereocenters. The SMILES string of the molecule is COC(=O)c1sc2nc(C)nc(N3CCN(CC(F)(F)F)C(C)C3)c2c1C. The van der Waals surface area contributed by atoms with Gasteiger partial charge in [0.25, 0.3) is 0 Å². The summed E-state index contributed by atoms with van der Waals surface area (Å²) in [5.74, 6) is 0.794. The molecular formula is C17H21F3N4O2S. The van der Waals surface area contributed by atoms with Gasteiger partial charge in [-0.15, -0.1) is 11.3 Å². The maximum Gasteiger partial charge on any atom is 0.401 e. The first kappa shape index (κ1) is 19.8. The minimum atomic E-state index is -4.21. The van der Waals surface area contributed by atoms with Gasteiger partial charge in [-0.25, -0.2) is 14.8 Å². The Kier molecular flexibility index (Phi) is 5.31. The number of esters is 1. The van der Waals surface area contributed by atoms with Crippen LogP contribution in [0, 0.1) is 13.8 Å². The van der Waals surface area contributed by atoms with E-state index < -0.39 is 18.7 Å². The van der Waals surface area contributed by atoms with Crippen LogP contribution in [0.1, 0.15) is 28.0 Å². The zero-order valence-corrected chi connectivity index (χ0v) is 16.4. The van der Waals surface area contributed by atoms with E-state index in [1.165, 1.54) is 23.3 Å². The van der Waals surface area contributed by atoms with Crippen LogP contribution in [0.15, 0.2) is 0 Å². The highest BCUT2D eigenvalue weighted by molar-refractivity contribution is 7.20. The lowest BCUT2D eigenvalue weighted by atomic mass is 10.1. The number of hydrogen-bond donors (Lipinski definition) is 0. The summed E-state index contributed by atoms with van der Waals surface area (Å²) in [5, 5.41) is 0.766. The largest absolute Gasteiger partial charge is 0.465 e. The van der Waals surface area contributed by atoms with E-state index >= 15 is 0 Å². The fraction of sp³-hybridized carbons (Fsp3) is 0.588. The topological polar surface area (TPSA) is 58.6 Å². The average Bonchev–Trinajstić information content (AvgIpc) is 2.90. The van der Waals surface area contributed by atoms with Crippen molar-refractivity contribution in [2.24, 2.45) is 0 Å². The Morgan fingerprint density at radius 1 is 1.30 bits per heavy atom. The molecule has 27 heavy (non-hydrogen) atoms. The predicted molar refractivity (Wildman–Crippen MR) is 97.5 cm³/mol. The molecule has 0 aromatic carbocycles. The standard InChI is InChI=1S/C17H21F3N4O2S/c1-9-7-23(5-6-24(9)8-17(18,19)20)14-12-10(2)13(16(25)26-4)27-15(12)22-11(3)21-14/h9H,5-8H2,1-4H3. The Morgan fingerprint density at radius 3 is 2.59 bits per heavy atom. The maximum absolute atomic E-state index is 12.7. The lowest BCUT2D eigenvalue weighted by molar-refractivity contribution is -0.150. The summed E-state index contributed by atoms with van der Waals surface area (Å²) in [6.07, 6.45) is -4.21. The van der Waals surface area contributed by atoms with Gasteiger partial charge in [0.15, 0.2) is 0 Å². The molecule has 0 bridgehead atoms. The highest BCUT2D eigenvalue weighted by Crippen LogP contribution is 2.36. The normalized spacial score (nSPS) is 18.9. The molecule has 0 saturated carbocycles. The van der Waals surface area contributed by atoms with Gasteiger partial charge in [-0.2, -0.15) is 13.2 Å². The van der Waals surface area contributed by atoms with E-state index in [2.05, 4.69) is 9.97 Å². The third-order valence-corrected chi connectivity index (χ3v) is 5.87. The van der Waals surface area contributed by atoms with Gasteiger partial charge in [-0.3, -0.25) is 4.90 Å². The van der Waals surface area contributed by atoms with Gasteiger partial charge in [-0.05, 0) is 26.3 Å². The van der Waals surface area contributed by atoms with Crippen LogP contribution in [0.5, 0.6) is 0 Å². The van der Waals surface area contributed by atoms with Crippen molar-refractivity contribution in [3.8, 4) is 0 Å². The minimum Gasteiger partial charge on any atom is -0.465 e. The summed E-state index contributed by atoms with van der Waals surface area (Å²) in [6.45, 7) is 5.58. The molecule has 1 aliphatic rings. The van der Waals surface area contributed by atoms with Crippen LogP contribution in [0.25, 0.3) is 10.2 Å². The second-order valence-electron chi connectivity index (χ2n) is 6.70. The van der Waals surface area contributed by atoms with Crippen LogP contribution in [0.3, 0.4) is 0 Å². The number of carbonyl (C=O) groups is 1. The quantitative estimate of drug-likeness (QED) is 0.735. The summed E-state index contributed by atoms with van der Waals surface area (Å²) in [7, 11) is 1.32. The van der Waals surface area contributed by atoms with Gasteiger partial charge >= 0.3 is 12.1 Å². The number of fused-ring (bicyclic) bond motifs is 1. The van der Waals surface area contributed by atoms with Crippen molar-refractivity contribution >= 4 is 33.3 Å². The van der Waals surface area contributed by atoms with Gasteiger partial charge in [0.05, 0.1) is 19.0 Å². The van der Waals surface area contributed by atoms with Crippen LogP contribution in [0.2, 0.25) is 0 Å². The first-order chi connectivity index (χ1) is 12.6. The molecule has 0 N–H and O–H groups in total. The van der Waals surface area contributed by atoms with Crippen molar-refractivity contribution < 1.29 is 22.7 Å². The van der Waals surface area contributed by atoms with Crippen LogP contribution >= 0.6 is 11.3 Å². The van der Waals surface area contributed by atoms with Crippen LogP contribution < -0.4 is 4.90 Å². The lowest BCUT2D eigenvalue weighted by Gasteiger charge is -2.40. The van der Waals surface area contributed by atoms with Crippen LogP contribution in [-0.4, -0.2) is 66.3 Å². The van der Waals surface area contributed by atoms with E-state index in [-0.39, 0.29) is 12.6 Å². The van der Waals surface area contributed by atoms with Gasteiger partial charge in [0.1, 0.15) is 21.3 Å². The summed E-state index contributed by atoms with van der Waals surface area (Å²) in [6, 6.07) is -0.273. The lowest BCUT2D eigenvalue weighted by Crippen LogP contribution is -2.54. The molecule has 1 saturated heterocycles. The molecule has 2 aromatic heterocycles. The van der Waals surface area contributed by atoms with Gasteiger partial charge in [-0.1, -0.05) is 0 Å². The van der Waals surface area contributed by atoms with Gasteiger partial charge in [0.2, 0.25) is 0 Å². The van der Waals surface area contributed by atoms with Crippen molar-refractivity contribution in [3.63, 3.8) is 0 Å². The molecule has 0 aliphatic carbocycles. The van der Waals surface area contributed by atoms with E-state index in [0.29, 0.717) is 34.4 Å². The Morgan fingerprint density at radius 2 is 2.00 bits per heavy atom. The predicted octanol–water partition coefficient (Wildman–Crippen LogP) is 3.17. The number of aryl methyl sites for hydroxylation is 2. The van der Waals surface area contributed by atoms with E-state index in [1.54, 1.807) is 13.8 Å². The molecule has 6 nitrogen and oxygen atoms in total. The second-order valence-corrected chi connectivity index (χ2v) is 7.70. The zero-order chi connectivity index (χ0) is 19.9. The number of thiophene rings is 1. The Balaban J connectivity index is 1.95. The zero-order valence-electron chi connectivity index (χ0n) is 15.6. The molecule has 0 spiro atoms. The molecule has 2 aromatic rings. The third kappa shape index (κ3) is 4.01. The first-order valence-corrected chi connectivity index (χ1v) is 9.34. The summed E-state index contributed by atoms with van der Waals surface area (Å²) >= 11 is 1.25. The highest BCUT2D eigenvalue weighted by Gasteiger charge is 2.36. The number of alkyl halides is 3. The number of hydrogen-bond acceptors (Lipinski definition) is 7. The number of anilines is 1. The van der Waals surface area contributed by atoms with Crippen molar-refractivity contribution in [2.45, 2.75) is 33.0 Å². The molecule has 1 aliphatic heterocycles. The molecule has 0 amide bonds. The maximum atomic E-state index is 12.7. The molecule has 148 valence electrons. The van der Waals surface area contributed by atoms with Crippen LogP contribution in [-0.2, 0) is 4.74 Å². The molecule has 3 heterocycles. The van der Waals surface area contributed by atoms with Crippen molar-refractivity contribution in [3.05, 3.63) is 16.3 Å². The molecule has 1 fully saturated rings. The fourth-order valence-electron chi connectivity index (χ4n) is 3.39. The number of piperazine rings is 1. The van der Waals surface area contributed by atoms with Crippen LogP contribution in [0.4, 0.5) is 19.0 Å². The van der Waals surface area contributed by atoms with Crippen molar-refractivity contribution in [1.29, 1.82) is 0 Å². The smallest absolute Gasteiger partial charge is 0.401 e. The van der Waals surface area contributed by atoms with Gasteiger partial charge in [0, 0.05) is 25.7 Å². The van der Waals surface area contributed by atoms with Crippen molar-refractivity contribution in [2.75, 3.05) is 38.2 Å². The van der Waals surface area contributed by atoms with E-state index in [0.717, 1.165) is 10.9 Å². The number of halogens is 3. The Hall–Kier alpha value is -1.94. The summed E-state index contributed by atoms with van der Waals surface area (Å²) in [4.78, 5) is 25.6. The van der Waals surface area contributed by atoms with Crippen molar-refractivity contribution in [1.82, 2.24) is 14.9 Å². The number of carbonyl (C=O) groups excluding carboxylic acids is 1. The number of rotatable bonds is 3. The third-order valence-electron chi connectivity index (χ3n) is 4.70. The number of nitrogens with zero attached hydrogens (tertiary/aromatic N) is 4. The fourth-order valence-corrected chi connectivity index (χ4v) is 4.53. The number of aromatic nitrogens is 2. The van der Waals surface area contributed by atoms with E-state index in [9.17, 15) is 18.0 Å². The average molecular weight is 402 g/mol. The molecular weight excluding hydrogens is 381 g/mol. The van der Waals surface area contributed by atoms with E-state index in [4.69, 9.17) is 4.74 Å². The number of methoxy groups -OCH3 is 1. The molecule has 0 radical (unpaired) electrons. The summed E-state index contributed by atoms with van der Waals surface area (Å²) in [5.41, 5.74) is 0.738. The molecule has 10 heteroatoms. The van der Waals surface area contributed by atoms with E-state index in [1.807, 2.05) is 11.8 Å².